The summed E-state index contributed by atoms with van der Waals surface area (Å²) in [7, 11) is 2.22. The van der Waals surface area contributed by atoms with E-state index in [9.17, 15) is 4.79 Å². The lowest BCUT2D eigenvalue weighted by molar-refractivity contribution is -0.130. The van der Waals surface area contributed by atoms with Crippen LogP contribution in [0.2, 0.25) is 0 Å². The molecule has 0 bridgehead atoms. The van der Waals surface area contributed by atoms with Crippen LogP contribution < -0.4 is 0 Å². The Hall–Kier alpha value is -1.72. The van der Waals surface area contributed by atoms with Gasteiger partial charge in [-0.05, 0) is 44.0 Å². The number of carbonyl (C=O) groups excluding carboxylic acids is 1. The minimum Gasteiger partial charge on any atom is -0.339 e. The van der Waals surface area contributed by atoms with Crippen molar-refractivity contribution in [2.75, 3.05) is 39.8 Å². The summed E-state index contributed by atoms with van der Waals surface area (Å²) >= 11 is 0. The Kier molecular flexibility index (Phi) is 5.54. The molecule has 2 saturated heterocycles. The van der Waals surface area contributed by atoms with Crippen LogP contribution >= 0.6 is 0 Å². The molecular formula is C20H30N4O. The van der Waals surface area contributed by atoms with E-state index in [4.69, 9.17) is 0 Å². The summed E-state index contributed by atoms with van der Waals surface area (Å²) in [5, 5.41) is 0. The van der Waals surface area contributed by atoms with Crippen LogP contribution in [0.1, 0.15) is 30.4 Å². The Morgan fingerprint density at radius 1 is 1.32 bits per heavy atom. The first-order valence-electron chi connectivity index (χ1n) is 9.26. The molecule has 0 N–H and O–H groups in total. The zero-order valence-electron chi connectivity index (χ0n) is 15.6. The fraction of sp³-hybridized carbons (Fsp3) is 0.600. The molecule has 0 aliphatic carbocycles. The van der Waals surface area contributed by atoms with Crippen molar-refractivity contribution in [2.45, 2.75) is 38.3 Å². The number of hydrogen-bond acceptors (Lipinski definition) is 4. The monoisotopic (exact) mass is 342 g/mol. The van der Waals surface area contributed by atoms with Gasteiger partial charge in [-0.15, -0.1) is 6.58 Å². The largest absolute Gasteiger partial charge is 0.339 e. The number of piperazine rings is 1. The third-order valence-electron chi connectivity index (χ3n) is 5.96. The molecular weight excluding hydrogens is 312 g/mol. The van der Waals surface area contributed by atoms with E-state index in [1.165, 1.54) is 11.1 Å². The summed E-state index contributed by atoms with van der Waals surface area (Å²) in [5.41, 5.74) is 2.71. The van der Waals surface area contributed by atoms with Crippen LogP contribution in [0, 0.1) is 6.92 Å². The first-order chi connectivity index (χ1) is 12.0. The highest BCUT2D eigenvalue weighted by Gasteiger charge is 2.42. The van der Waals surface area contributed by atoms with Crippen LogP contribution in [-0.2, 0) is 11.3 Å². The molecule has 2 aliphatic heterocycles. The highest BCUT2D eigenvalue weighted by molar-refractivity contribution is 5.76. The lowest BCUT2D eigenvalue weighted by Gasteiger charge is -2.49. The van der Waals surface area contributed by atoms with Gasteiger partial charge in [0.25, 0.3) is 0 Å². The van der Waals surface area contributed by atoms with Crippen molar-refractivity contribution in [3.05, 3.63) is 42.2 Å². The number of likely N-dealkylation sites (N-methyl/N-ethyl adjacent to an activating group) is 1. The summed E-state index contributed by atoms with van der Waals surface area (Å²) in [6, 6.07) is 2.13. The predicted molar refractivity (Wildman–Crippen MR) is 100 cm³/mol. The minimum absolute atomic E-state index is 0.102. The maximum Gasteiger partial charge on any atom is 0.222 e. The fourth-order valence-electron chi connectivity index (χ4n) is 4.18. The lowest BCUT2D eigenvalue weighted by Crippen LogP contribution is -2.60. The molecule has 0 saturated carbocycles. The SMILES string of the molecule is C=CCN1CCC2(CCC1=O)CN(Cc1ccncc1C)CCN2C. The van der Waals surface area contributed by atoms with Crippen molar-refractivity contribution in [3.8, 4) is 0 Å². The quantitative estimate of drug-likeness (QED) is 0.786. The van der Waals surface area contributed by atoms with Gasteiger partial charge in [0, 0.05) is 63.6 Å². The number of aryl methyl sites for hydroxylation is 1. The molecule has 2 fully saturated rings. The predicted octanol–water partition coefficient (Wildman–Crippen LogP) is 2.07. The molecule has 5 nitrogen and oxygen atoms in total. The van der Waals surface area contributed by atoms with Crippen molar-refractivity contribution in [2.24, 2.45) is 0 Å². The number of nitrogens with zero attached hydrogens (tertiary/aromatic N) is 4. The second-order valence-electron chi connectivity index (χ2n) is 7.54. The van der Waals surface area contributed by atoms with Crippen molar-refractivity contribution >= 4 is 5.91 Å². The highest BCUT2D eigenvalue weighted by Crippen LogP contribution is 2.32. The molecule has 0 aromatic carbocycles. The highest BCUT2D eigenvalue weighted by atomic mass is 16.2. The molecule has 5 heteroatoms. The van der Waals surface area contributed by atoms with Gasteiger partial charge in [0.05, 0.1) is 0 Å². The molecule has 2 aliphatic rings. The van der Waals surface area contributed by atoms with Gasteiger partial charge in [0.1, 0.15) is 0 Å². The number of rotatable bonds is 4. The lowest BCUT2D eigenvalue weighted by atomic mass is 9.86. The number of aromatic nitrogens is 1. The summed E-state index contributed by atoms with van der Waals surface area (Å²) < 4.78 is 0. The third kappa shape index (κ3) is 3.93. The van der Waals surface area contributed by atoms with E-state index in [1.54, 1.807) is 0 Å². The minimum atomic E-state index is 0.102. The Labute approximate surface area is 151 Å². The van der Waals surface area contributed by atoms with Crippen molar-refractivity contribution in [1.82, 2.24) is 19.7 Å². The maximum atomic E-state index is 12.4. The molecule has 136 valence electrons. The van der Waals surface area contributed by atoms with Crippen molar-refractivity contribution < 1.29 is 4.79 Å². The Balaban J connectivity index is 1.72. The zero-order chi connectivity index (χ0) is 17.9. The number of amides is 1. The first kappa shape index (κ1) is 18.1. The van der Waals surface area contributed by atoms with Crippen LogP contribution in [0.3, 0.4) is 0 Å². The normalized spacial score (nSPS) is 26.0. The van der Waals surface area contributed by atoms with Gasteiger partial charge in [-0.1, -0.05) is 6.08 Å². The smallest absolute Gasteiger partial charge is 0.222 e. The summed E-state index contributed by atoms with van der Waals surface area (Å²) in [6.45, 7) is 11.5. The van der Waals surface area contributed by atoms with Crippen LogP contribution in [-0.4, -0.2) is 70.9 Å². The van der Waals surface area contributed by atoms with E-state index in [0.717, 1.165) is 45.6 Å². The molecule has 1 atom stereocenters. The molecule has 1 aromatic rings. The zero-order valence-corrected chi connectivity index (χ0v) is 15.6. The number of likely N-dealkylation sites (tertiary alicyclic amines) is 1. The second-order valence-corrected chi connectivity index (χ2v) is 7.54. The molecule has 1 unspecified atom stereocenters. The topological polar surface area (TPSA) is 39.7 Å². The number of pyridine rings is 1. The average molecular weight is 342 g/mol. The summed E-state index contributed by atoms with van der Waals surface area (Å²) in [5.74, 6) is 0.271. The molecule has 1 amide bonds. The van der Waals surface area contributed by atoms with E-state index < -0.39 is 0 Å². The van der Waals surface area contributed by atoms with E-state index in [1.807, 2.05) is 23.4 Å². The van der Waals surface area contributed by atoms with E-state index >= 15 is 0 Å². The van der Waals surface area contributed by atoms with Crippen molar-refractivity contribution in [3.63, 3.8) is 0 Å². The number of carbonyl (C=O) groups is 1. The van der Waals surface area contributed by atoms with E-state index in [2.05, 4.69) is 41.4 Å². The van der Waals surface area contributed by atoms with Gasteiger partial charge >= 0.3 is 0 Å². The van der Waals surface area contributed by atoms with Gasteiger partial charge in [0.2, 0.25) is 5.91 Å². The van der Waals surface area contributed by atoms with Crippen LogP contribution in [0.15, 0.2) is 31.1 Å². The van der Waals surface area contributed by atoms with E-state index in [-0.39, 0.29) is 11.4 Å². The Morgan fingerprint density at radius 3 is 2.92 bits per heavy atom. The van der Waals surface area contributed by atoms with Gasteiger partial charge in [-0.3, -0.25) is 19.6 Å². The second kappa shape index (κ2) is 7.67. The van der Waals surface area contributed by atoms with Crippen LogP contribution in [0.5, 0.6) is 0 Å². The fourth-order valence-corrected chi connectivity index (χ4v) is 4.18. The van der Waals surface area contributed by atoms with Crippen molar-refractivity contribution in [1.29, 1.82) is 0 Å². The van der Waals surface area contributed by atoms with Gasteiger partial charge in [-0.2, -0.15) is 0 Å². The molecule has 25 heavy (non-hydrogen) atoms. The van der Waals surface area contributed by atoms with Gasteiger partial charge < -0.3 is 4.90 Å². The molecule has 3 heterocycles. The van der Waals surface area contributed by atoms with Crippen LogP contribution in [0.4, 0.5) is 0 Å². The summed E-state index contributed by atoms with van der Waals surface area (Å²) in [6.07, 6.45) is 8.28. The Bertz CT molecular complexity index is 632. The van der Waals surface area contributed by atoms with Gasteiger partial charge in [-0.25, -0.2) is 0 Å². The average Bonchev–Trinajstić information content (AvgIpc) is 2.75. The molecule has 0 radical (unpaired) electrons. The molecule has 3 rings (SSSR count). The number of hydrogen-bond donors (Lipinski definition) is 0. The third-order valence-corrected chi connectivity index (χ3v) is 5.96. The van der Waals surface area contributed by atoms with Gasteiger partial charge in [0.15, 0.2) is 0 Å². The summed E-state index contributed by atoms with van der Waals surface area (Å²) in [4.78, 5) is 23.6. The molecule has 1 aromatic heterocycles. The maximum absolute atomic E-state index is 12.4. The molecule has 1 spiro atoms. The van der Waals surface area contributed by atoms with Crippen LogP contribution in [0.25, 0.3) is 0 Å². The van der Waals surface area contributed by atoms with E-state index in [0.29, 0.717) is 13.0 Å². The standard InChI is InChI=1S/C20H30N4O/c1-4-10-24-11-8-20(7-5-19(24)25)16-23(13-12-22(20)3)15-18-6-9-21-14-17(18)2/h4,6,9,14H,1,5,7-8,10-13,15-16H2,2-3H3. The first-order valence-corrected chi connectivity index (χ1v) is 9.26. The Morgan fingerprint density at radius 2 is 2.16 bits per heavy atom.